The molecule has 3 radical (unpaired) electrons. The van der Waals surface area contributed by atoms with Crippen molar-refractivity contribution in [1.82, 2.24) is 0 Å². The molecule has 2 aliphatic rings. The van der Waals surface area contributed by atoms with Gasteiger partial charge in [-0.25, -0.2) is 0 Å². The molecule has 0 N–H and O–H groups in total. The highest BCUT2D eigenvalue weighted by molar-refractivity contribution is 6.08. The van der Waals surface area contributed by atoms with E-state index in [1.807, 2.05) is 0 Å². The molecule has 85 valence electrons. The number of hydrogen-bond donors (Lipinski definition) is 0. The Hall–Kier alpha value is 0.217. The zero-order valence-electron chi connectivity index (χ0n) is 10.0. The first-order valence-corrected chi connectivity index (χ1v) is 7.77. The molecule has 0 spiro atoms. The van der Waals surface area contributed by atoms with E-state index in [1.54, 1.807) is 0 Å². The van der Waals surface area contributed by atoms with E-state index in [9.17, 15) is 0 Å². The van der Waals surface area contributed by atoms with E-state index in [1.165, 1.54) is 70.3 Å². The van der Waals surface area contributed by atoms with E-state index >= 15 is 0 Å². The Morgan fingerprint density at radius 2 is 1.13 bits per heavy atom. The van der Waals surface area contributed by atoms with Gasteiger partial charge in [-0.15, -0.1) is 0 Å². The summed E-state index contributed by atoms with van der Waals surface area (Å²) in [5.74, 6) is 3.11. The fourth-order valence-corrected chi connectivity index (χ4v) is 4.51. The van der Waals surface area contributed by atoms with Crippen LogP contribution in [0, 0.1) is 17.8 Å². The standard InChI is InChI=1S/C14H25Si/c15-11-14(12-7-3-1-4-8-12)13-9-5-2-6-10-13/h12-14H,1-11H2. The summed E-state index contributed by atoms with van der Waals surface area (Å²) in [6.45, 7) is 0. The van der Waals surface area contributed by atoms with E-state index in [4.69, 9.17) is 0 Å². The summed E-state index contributed by atoms with van der Waals surface area (Å²) < 4.78 is 0. The summed E-state index contributed by atoms with van der Waals surface area (Å²) in [5.41, 5.74) is 0. The Bertz CT molecular complexity index is 148. The first-order chi connectivity index (χ1) is 7.42. The fraction of sp³-hybridized carbons (Fsp3) is 1.00. The Morgan fingerprint density at radius 3 is 1.47 bits per heavy atom. The summed E-state index contributed by atoms with van der Waals surface area (Å²) >= 11 is 0. The molecule has 2 saturated carbocycles. The molecule has 1 heteroatoms. The monoisotopic (exact) mass is 221 g/mol. The second-order valence-electron chi connectivity index (χ2n) is 5.66. The average molecular weight is 221 g/mol. The molecule has 0 saturated heterocycles. The van der Waals surface area contributed by atoms with E-state index in [2.05, 4.69) is 10.2 Å². The van der Waals surface area contributed by atoms with E-state index in [0.29, 0.717) is 0 Å². The minimum absolute atomic E-state index is 1.00. The van der Waals surface area contributed by atoms with E-state index < -0.39 is 0 Å². The van der Waals surface area contributed by atoms with Crippen LogP contribution in [0.4, 0.5) is 0 Å². The highest BCUT2D eigenvalue weighted by Gasteiger charge is 2.29. The molecule has 0 heterocycles. The Labute approximate surface area is 98.6 Å². The molecular weight excluding hydrogens is 196 g/mol. The maximum atomic E-state index is 3.84. The molecule has 0 amide bonds. The summed E-state index contributed by atoms with van der Waals surface area (Å²) in [6, 6.07) is 1.26. The lowest BCUT2D eigenvalue weighted by atomic mass is 9.70. The van der Waals surface area contributed by atoms with E-state index in [-0.39, 0.29) is 0 Å². The molecule has 0 aromatic heterocycles. The SMILES string of the molecule is [Si]CC(C1CCCCC1)C1CCCCC1. The van der Waals surface area contributed by atoms with Crippen molar-refractivity contribution in [3.05, 3.63) is 0 Å². The molecule has 0 aromatic rings. The molecule has 0 aromatic carbocycles. The highest BCUT2D eigenvalue weighted by atomic mass is 28.1. The van der Waals surface area contributed by atoms with Gasteiger partial charge in [-0.3, -0.25) is 0 Å². The van der Waals surface area contributed by atoms with Gasteiger partial charge in [-0.2, -0.15) is 0 Å². The van der Waals surface area contributed by atoms with Gasteiger partial charge in [0.1, 0.15) is 0 Å². The molecule has 0 unspecified atom stereocenters. The average Bonchev–Trinajstić information content (AvgIpc) is 2.33. The third kappa shape index (κ3) is 3.09. The maximum absolute atomic E-state index is 3.84. The topological polar surface area (TPSA) is 0 Å². The van der Waals surface area contributed by atoms with Gasteiger partial charge in [0.15, 0.2) is 0 Å². The van der Waals surface area contributed by atoms with Crippen LogP contribution in [0.15, 0.2) is 0 Å². The Kier molecular flexibility index (Phi) is 4.74. The summed E-state index contributed by atoms with van der Waals surface area (Å²) in [5, 5.41) is 0. The predicted octanol–water partition coefficient (Wildman–Crippen LogP) is 4.35. The molecular formula is C14H25Si. The fourth-order valence-electron chi connectivity index (χ4n) is 3.84. The van der Waals surface area contributed by atoms with Crippen LogP contribution < -0.4 is 0 Å². The Balaban J connectivity index is 1.88. The van der Waals surface area contributed by atoms with Crippen LogP contribution in [0.3, 0.4) is 0 Å². The van der Waals surface area contributed by atoms with Crippen molar-refractivity contribution in [2.45, 2.75) is 70.3 Å². The van der Waals surface area contributed by atoms with Gasteiger partial charge < -0.3 is 0 Å². The molecule has 0 aliphatic heterocycles. The van der Waals surface area contributed by atoms with Crippen LogP contribution >= 0.6 is 0 Å². The molecule has 2 aliphatic carbocycles. The minimum Gasteiger partial charge on any atom is -0.0604 e. The van der Waals surface area contributed by atoms with Gasteiger partial charge in [-0.05, 0) is 17.8 Å². The quantitative estimate of drug-likeness (QED) is 0.622. The largest absolute Gasteiger partial charge is 0.0604 e. The lowest BCUT2D eigenvalue weighted by Crippen LogP contribution is -2.26. The summed E-state index contributed by atoms with van der Waals surface area (Å²) in [7, 11) is 3.84. The first kappa shape index (κ1) is 11.7. The molecule has 15 heavy (non-hydrogen) atoms. The van der Waals surface area contributed by atoms with Crippen molar-refractivity contribution in [1.29, 1.82) is 0 Å². The smallest absolute Gasteiger partial charge is 0.0225 e. The van der Waals surface area contributed by atoms with Crippen molar-refractivity contribution >= 4 is 10.2 Å². The van der Waals surface area contributed by atoms with Crippen LogP contribution in [0.5, 0.6) is 0 Å². The van der Waals surface area contributed by atoms with Gasteiger partial charge in [0, 0.05) is 10.2 Å². The van der Waals surface area contributed by atoms with Crippen molar-refractivity contribution in [2.75, 3.05) is 0 Å². The van der Waals surface area contributed by atoms with Crippen LogP contribution in [0.1, 0.15) is 64.2 Å². The molecule has 0 atom stereocenters. The van der Waals surface area contributed by atoms with Crippen LogP contribution in [0.25, 0.3) is 0 Å². The molecule has 2 rings (SSSR count). The zero-order chi connectivity index (χ0) is 10.5. The van der Waals surface area contributed by atoms with Gasteiger partial charge >= 0.3 is 0 Å². The Morgan fingerprint density at radius 1 is 0.733 bits per heavy atom. The summed E-state index contributed by atoms with van der Waals surface area (Å²) in [4.78, 5) is 0. The number of rotatable bonds is 3. The number of hydrogen-bond acceptors (Lipinski definition) is 0. The third-order valence-electron chi connectivity index (χ3n) is 4.75. The van der Waals surface area contributed by atoms with Crippen molar-refractivity contribution in [3.63, 3.8) is 0 Å². The second kappa shape index (κ2) is 6.08. The normalized spacial score (nSPS) is 26.0. The minimum atomic E-state index is 1.00. The molecule has 0 bridgehead atoms. The maximum Gasteiger partial charge on any atom is 0.0225 e. The van der Waals surface area contributed by atoms with Crippen molar-refractivity contribution < 1.29 is 0 Å². The van der Waals surface area contributed by atoms with Crippen molar-refractivity contribution in [2.24, 2.45) is 17.8 Å². The van der Waals surface area contributed by atoms with Crippen LogP contribution in [-0.2, 0) is 0 Å². The van der Waals surface area contributed by atoms with Crippen LogP contribution in [0.2, 0.25) is 6.04 Å². The highest BCUT2D eigenvalue weighted by Crippen LogP contribution is 2.41. The van der Waals surface area contributed by atoms with Gasteiger partial charge in [0.05, 0.1) is 0 Å². The third-order valence-corrected chi connectivity index (χ3v) is 5.22. The van der Waals surface area contributed by atoms with Crippen molar-refractivity contribution in [3.8, 4) is 0 Å². The van der Waals surface area contributed by atoms with E-state index in [0.717, 1.165) is 17.8 Å². The predicted molar refractivity (Wildman–Crippen MR) is 67.2 cm³/mol. The van der Waals surface area contributed by atoms with Gasteiger partial charge in [-0.1, -0.05) is 70.3 Å². The second-order valence-corrected chi connectivity index (χ2v) is 6.07. The van der Waals surface area contributed by atoms with Gasteiger partial charge in [0.25, 0.3) is 0 Å². The van der Waals surface area contributed by atoms with Gasteiger partial charge in [0.2, 0.25) is 0 Å². The lowest BCUT2D eigenvalue weighted by Gasteiger charge is -2.37. The first-order valence-electron chi connectivity index (χ1n) is 7.06. The zero-order valence-corrected chi connectivity index (χ0v) is 11.0. The molecule has 0 nitrogen and oxygen atoms in total. The molecule has 2 fully saturated rings. The summed E-state index contributed by atoms with van der Waals surface area (Å²) in [6.07, 6.45) is 15.1. The van der Waals surface area contributed by atoms with Crippen LogP contribution in [-0.4, -0.2) is 10.2 Å². The lowest BCUT2D eigenvalue weighted by molar-refractivity contribution is 0.159.